The smallest absolute Gasteiger partial charge is 0.305 e. The minimum atomic E-state index is 0.00201. The Labute approximate surface area is 339 Å². The molecule has 0 aromatic carbocycles. The molecule has 0 bridgehead atoms. The first-order chi connectivity index (χ1) is 26.5. The van der Waals surface area contributed by atoms with Gasteiger partial charge in [-0.15, -0.1) is 0 Å². The Morgan fingerprint density at radius 2 is 0.815 bits per heavy atom. The fourth-order valence-electron chi connectivity index (χ4n) is 7.76. The number of esters is 1. The van der Waals surface area contributed by atoms with Crippen molar-refractivity contribution in [2.24, 2.45) is 11.8 Å². The van der Waals surface area contributed by atoms with Gasteiger partial charge in [0, 0.05) is 19.4 Å². The van der Waals surface area contributed by atoms with Crippen LogP contribution in [0.15, 0.2) is 12.3 Å². The number of unbranched alkanes of at least 4 members (excludes halogenated alkanes) is 21. The summed E-state index contributed by atoms with van der Waals surface area (Å²) in [4.78, 5) is 15.2. The van der Waals surface area contributed by atoms with E-state index in [1.54, 1.807) is 0 Å². The van der Waals surface area contributed by atoms with Gasteiger partial charge in [-0.05, 0) is 95.7 Å². The zero-order chi connectivity index (χ0) is 39.6. The lowest BCUT2D eigenvalue weighted by Crippen LogP contribution is -2.27. The highest BCUT2D eigenvalue weighted by molar-refractivity contribution is 5.69. The molecule has 5 nitrogen and oxygen atoms in total. The maximum absolute atomic E-state index is 12.6. The lowest BCUT2D eigenvalue weighted by Gasteiger charge is -2.22. The Morgan fingerprint density at radius 3 is 1.26 bits per heavy atom. The average Bonchev–Trinajstić information content (AvgIpc) is 3.17. The standard InChI is InChI=1S/C49H97NO4/c1-6-10-14-18-20-27-37-47(35-25-16-12-8-3)44-53-46(5)34-24-22-30-40-50(42-32-33-43-51)41-31-23-29-39-49(52)54-45-48(36-26-17-13-9-4)38-28-21-19-15-11-7-2/h47-48,51H,5-45H2,1-4H3. The van der Waals surface area contributed by atoms with Crippen LogP contribution in [-0.2, 0) is 14.3 Å². The van der Waals surface area contributed by atoms with Crippen molar-refractivity contribution in [3.63, 3.8) is 0 Å². The van der Waals surface area contributed by atoms with Gasteiger partial charge in [0.1, 0.15) is 0 Å². The molecule has 0 aliphatic rings. The van der Waals surface area contributed by atoms with Crippen LogP contribution in [0.5, 0.6) is 0 Å². The predicted octanol–water partition coefficient (Wildman–Crippen LogP) is 14.9. The zero-order valence-corrected chi connectivity index (χ0v) is 37.3. The van der Waals surface area contributed by atoms with Crippen molar-refractivity contribution >= 4 is 5.97 Å². The second kappa shape index (κ2) is 43.1. The van der Waals surface area contributed by atoms with Gasteiger partial charge in [0.05, 0.1) is 19.0 Å². The number of hydrogen-bond acceptors (Lipinski definition) is 5. The Morgan fingerprint density at radius 1 is 0.463 bits per heavy atom. The SMILES string of the molecule is C=C(CCCCCN(CCCCO)CCCCCC(=O)OCC(CCCCCC)CCCCCCCC)OCC(CCCCCC)CCCCCCCC. The molecular weight excluding hydrogens is 667 g/mol. The second-order valence-electron chi connectivity index (χ2n) is 17.0. The molecule has 0 aromatic heterocycles. The molecule has 5 heteroatoms. The number of rotatable bonds is 45. The van der Waals surface area contributed by atoms with Crippen LogP contribution in [0.25, 0.3) is 0 Å². The molecule has 1 N–H and O–H groups in total. The number of allylic oxidation sites excluding steroid dienone is 1. The van der Waals surface area contributed by atoms with E-state index in [4.69, 9.17) is 9.47 Å². The summed E-state index contributed by atoms with van der Waals surface area (Å²) < 4.78 is 12.1. The van der Waals surface area contributed by atoms with E-state index < -0.39 is 0 Å². The van der Waals surface area contributed by atoms with Gasteiger partial charge in [-0.3, -0.25) is 4.79 Å². The summed E-state index contributed by atoms with van der Waals surface area (Å²) in [6.45, 7) is 18.4. The van der Waals surface area contributed by atoms with Gasteiger partial charge in [0.2, 0.25) is 0 Å². The summed E-state index contributed by atoms with van der Waals surface area (Å²) in [5.74, 6) is 2.20. The summed E-state index contributed by atoms with van der Waals surface area (Å²) in [5, 5.41) is 9.34. The normalized spacial score (nSPS) is 12.7. The number of nitrogens with zero attached hydrogens (tertiary/aromatic N) is 1. The molecule has 0 radical (unpaired) electrons. The molecule has 2 unspecified atom stereocenters. The van der Waals surface area contributed by atoms with Gasteiger partial charge in [-0.2, -0.15) is 0 Å². The van der Waals surface area contributed by atoms with Gasteiger partial charge in [0.25, 0.3) is 0 Å². The van der Waals surface area contributed by atoms with Crippen LogP contribution in [0.1, 0.15) is 246 Å². The molecule has 0 rings (SSSR count). The zero-order valence-electron chi connectivity index (χ0n) is 37.3. The van der Waals surface area contributed by atoms with Gasteiger partial charge in [-0.25, -0.2) is 0 Å². The van der Waals surface area contributed by atoms with Crippen LogP contribution in [0.2, 0.25) is 0 Å². The highest BCUT2D eigenvalue weighted by atomic mass is 16.5. The van der Waals surface area contributed by atoms with Gasteiger partial charge in [0.15, 0.2) is 0 Å². The first-order valence-electron chi connectivity index (χ1n) is 24.3. The van der Waals surface area contributed by atoms with Crippen LogP contribution in [-0.4, -0.2) is 55.4 Å². The summed E-state index contributed by atoms with van der Waals surface area (Å²) in [6, 6.07) is 0. The lowest BCUT2D eigenvalue weighted by molar-refractivity contribution is -0.145. The van der Waals surface area contributed by atoms with Crippen LogP contribution in [0.4, 0.5) is 0 Å². The minimum absolute atomic E-state index is 0.00201. The van der Waals surface area contributed by atoms with E-state index in [0.29, 0.717) is 24.9 Å². The van der Waals surface area contributed by atoms with Crippen LogP contribution in [0.3, 0.4) is 0 Å². The van der Waals surface area contributed by atoms with E-state index in [0.717, 1.165) is 76.9 Å². The molecule has 0 spiro atoms. The Bertz CT molecular complexity index is 715. The van der Waals surface area contributed by atoms with Gasteiger partial charge in [-0.1, -0.05) is 176 Å². The largest absolute Gasteiger partial charge is 0.498 e. The average molecular weight is 764 g/mol. The maximum Gasteiger partial charge on any atom is 0.305 e. The molecule has 322 valence electrons. The summed E-state index contributed by atoms with van der Waals surface area (Å²) in [7, 11) is 0. The van der Waals surface area contributed by atoms with Crippen molar-refractivity contribution < 1.29 is 19.4 Å². The first-order valence-corrected chi connectivity index (χ1v) is 24.3. The number of carbonyl (C=O) groups is 1. The van der Waals surface area contributed by atoms with Crippen molar-refractivity contribution in [1.82, 2.24) is 4.90 Å². The molecule has 0 fully saturated rings. The number of ether oxygens (including phenoxy) is 2. The number of aliphatic hydroxyl groups is 1. The first kappa shape index (κ1) is 52.9. The summed E-state index contributed by atoms with van der Waals surface area (Å²) in [5.41, 5.74) is 0. The van der Waals surface area contributed by atoms with Gasteiger partial charge < -0.3 is 19.5 Å². The second-order valence-corrected chi connectivity index (χ2v) is 17.0. The Kier molecular flexibility index (Phi) is 42.2. The fraction of sp³-hybridized carbons (Fsp3) is 0.939. The summed E-state index contributed by atoms with van der Waals surface area (Å²) >= 11 is 0. The van der Waals surface area contributed by atoms with Crippen molar-refractivity contribution in [3.05, 3.63) is 12.3 Å². The van der Waals surface area contributed by atoms with Crippen molar-refractivity contribution in [1.29, 1.82) is 0 Å². The van der Waals surface area contributed by atoms with E-state index in [9.17, 15) is 9.90 Å². The lowest BCUT2D eigenvalue weighted by atomic mass is 9.95. The molecular formula is C49H97NO4. The molecule has 0 aliphatic carbocycles. The highest BCUT2D eigenvalue weighted by Gasteiger charge is 2.14. The summed E-state index contributed by atoms with van der Waals surface area (Å²) in [6.07, 6.45) is 41.7. The van der Waals surface area contributed by atoms with Crippen molar-refractivity contribution in [2.75, 3.05) is 39.5 Å². The van der Waals surface area contributed by atoms with E-state index in [-0.39, 0.29) is 12.6 Å². The third-order valence-corrected chi connectivity index (χ3v) is 11.5. The Balaban J connectivity index is 4.39. The van der Waals surface area contributed by atoms with Crippen molar-refractivity contribution in [2.45, 2.75) is 246 Å². The monoisotopic (exact) mass is 764 g/mol. The van der Waals surface area contributed by atoms with E-state index >= 15 is 0 Å². The highest BCUT2D eigenvalue weighted by Crippen LogP contribution is 2.22. The molecule has 0 heterocycles. The van der Waals surface area contributed by atoms with E-state index in [2.05, 4.69) is 39.2 Å². The molecule has 54 heavy (non-hydrogen) atoms. The molecule has 0 saturated carbocycles. The number of hydrogen-bond donors (Lipinski definition) is 1. The molecule has 0 saturated heterocycles. The van der Waals surface area contributed by atoms with Crippen LogP contribution >= 0.6 is 0 Å². The van der Waals surface area contributed by atoms with Crippen LogP contribution in [0, 0.1) is 11.8 Å². The number of carbonyl (C=O) groups excluding carboxylic acids is 1. The topological polar surface area (TPSA) is 59.0 Å². The van der Waals surface area contributed by atoms with Crippen molar-refractivity contribution in [3.8, 4) is 0 Å². The predicted molar refractivity (Wildman–Crippen MR) is 236 cm³/mol. The fourth-order valence-corrected chi connectivity index (χ4v) is 7.76. The molecule has 2 atom stereocenters. The maximum atomic E-state index is 12.6. The van der Waals surface area contributed by atoms with Crippen LogP contribution < -0.4 is 0 Å². The quantitative estimate of drug-likeness (QED) is 0.0380. The third kappa shape index (κ3) is 37.8. The van der Waals surface area contributed by atoms with E-state index in [1.807, 2.05) is 0 Å². The number of aliphatic hydroxyl groups excluding tert-OH is 1. The molecule has 0 amide bonds. The molecule has 0 aromatic rings. The molecule has 0 aliphatic heterocycles. The Hall–Kier alpha value is -1.07. The van der Waals surface area contributed by atoms with Gasteiger partial charge >= 0.3 is 5.97 Å². The van der Waals surface area contributed by atoms with E-state index in [1.165, 1.54) is 167 Å². The minimum Gasteiger partial charge on any atom is -0.498 e. The third-order valence-electron chi connectivity index (χ3n) is 11.5.